The highest BCUT2D eigenvalue weighted by atomic mass is 79.9. The van der Waals surface area contributed by atoms with Gasteiger partial charge in [0.15, 0.2) is 0 Å². The van der Waals surface area contributed by atoms with Crippen LogP contribution in [-0.2, 0) is 0 Å². The first-order valence-electron chi connectivity index (χ1n) is 5.97. The maximum atomic E-state index is 5.97. The number of hydrogen-bond donors (Lipinski definition) is 1. The Labute approximate surface area is 126 Å². The van der Waals surface area contributed by atoms with Crippen molar-refractivity contribution in [3.05, 3.63) is 45.1 Å². The normalized spacial score (nSPS) is 12.2. The van der Waals surface area contributed by atoms with Gasteiger partial charge in [0, 0.05) is 22.9 Å². The fourth-order valence-electron chi connectivity index (χ4n) is 2.07. The number of halogens is 1. The third-order valence-electron chi connectivity index (χ3n) is 3.10. The summed E-state index contributed by atoms with van der Waals surface area (Å²) in [7, 11) is 3.73. The quantitative estimate of drug-likeness (QED) is 0.902. The third kappa shape index (κ3) is 2.94. The van der Waals surface area contributed by atoms with Crippen molar-refractivity contribution in [3.8, 4) is 5.75 Å². The second-order valence-electron chi connectivity index (χ2n) is 4.17. The summed E-state index contributed by atoms with van der Waals surface area (Å²) in [6.45, 7) is 0.549. The Balaban J connectivity index is 2.36. The monoisotopic (exact) mass is 340 g/mol. The molecule has 0 bridgehead atoms. The van der Waals surface area contributed by atoms with Crippen LogP contribution < -0.4 is 15.4 Å². The van der Waals surface area contributed by atoms with Crippen LogP contribution in [0.1, 0.15) is 10.9 Å². The molecular weight excluding hydrogens is 324 g/mol. The predicted octanol–water partition coefficient (Wildman–Crippen LogP) is 3.66. The van der Waals surface area contributed by atoms with Crippen molar-refractivity contribution in [3.63, 3.8) is 0 Å². The van der Waals surface area contributed by atoms with Crippen LogP contribution in [0.5, 0.6) is 5.75 Å². The van der Waals surface area contributed by atoms with E-state index in [2.05, 4.69) is 32.3 Å². The van der Waals surface area contributed by atoms with Crippen LogP contribution in [0.15, 0.2) is 40.2 Å². The largest absolute Gasteiger partial charge is 0.495 e. The average Bonchev–Trinajstić information content (AvgIpc) is 2.86. The number of benzene rings is 1. The highest BCUT2D eigenvalue weighted by Gasteiger charge is 2.21. The lowest BCUT2D eigenvalue weighted by Crippen LogP contribution is -2.30. The van der Waals surface area contributed by atoms with E-state index in [0.29, 0.717) is 6.54 Å². The first-order chi connectivity index (χ1) is 9.19. The van der Waals surface area contributed by atoms with Gasteiger partial charge in [-0.1, -0.05) is 12.1 Å². The number of para-hydroxylation sites is 2. The number of rotatable bonds is 5. The molecule has 0 saturated heterocycles. The fraction of sp³-hybridized carbons (Fsp3) is 0.286. The Morgan fingerprint density at radius 1 is 1.37 bits per heavy atom. The minimum absolute atomic E-state index is 0.130. The van der Waals surface area contributed by atoms with Crippen molar-refractivity contribution < 1.29 is 4.74 Å². The van der Waals surface area contributed by atoms with Crippen molar-refractivity contribution in [1.82, 2.24) is 0 Å². The van der Waals surface area contributed by atoms with Crippen LogP contribution in [0.4, 0.5) is 5.69 Å². The number of nitrogens with two attached hydrogens (primary N) is 1. The van der Waals surface area contributed by atoms with Gasteiger partial charge in [-0.15, -0.1) is 11.3 Å². The molecule has 2 aromatic rings. The summed E-state index contributed by atoms with van der Waals surface area (Å²) in [5, 5.41) is 2.07. The van der Waals surface area contributed by atoms with Gasteiger partial charge in [-0.2, -0.15) is 0 Å². The van der Waals surface area contributed by atoms with Crippen LogP contribution in [0, 0.1) is 0 Å². The Morgan fingerprint density at radius 3 is 2.68 bits per heavy atom. The zero-order valence-corrected chi connectivity index (χ0v) is 13.4. The van der Waals surface area contributed by atoms with E-state index < -0.39 is 0 Å². The average molecular weight is 341 g/mol. The minimum Gasteiger partial charge on any atom is -0.495 e. The maximum Gasteiger partial charge on any atom is 0.142 e. The topological polar surface area (TPSA) is 38.5 Å². The van der Waals surface area contributed by atoms with Gasteiger partial charge in [0.1, 0.15) is 5.75 Å². The third-order valence-corrected chi connectivity index (χ3v) is 5.08. The summed E-state index contributed by atoms with van der Waals surface area (Å²) >= 11 is 5.29. The van der Waals surface area contributed by atoms with Gasteiger partial charge in [-0.05, 0) is 39.5 Å². The van der Waals surface area contributed by atoms with Crippen LogP contribution in [-0.4, -0.2) is 20.7 Å². The van der Waals surface area contributed by atoms with E-state index >= 15 is 0 Å². The molecule has 0 fully saturated rings. The smallest absolute Gasteiger partial charge is 0.142 e. The molecule has 0 spiro atoms. The molecule has 0 aliphatic rings. The summed E-state index contributed by atoms with van der Waals surface area (Å²) in [6, 6.07) is 10.2. The van der Waals surface area contributed by atoms with Gasteiger partial charge in [-0.3, -0.25) is 0 Å². The Bertz CT molecular complexity index is 544. The second-order valence-corrected chi connectivity index (χ2v) is 5.97. The number of thiophene rings is 1. The van der Waals surface area contributed by atoms with Gasteiger partial charge in [0.05, 0.1) is 18.8 Å². The highest BCUT2D eigenvalue weighted by Crippen LogP contribution is 2.37. The van der Waals surface area contributed by atoms with Gasteiger partial charge < -0.3 is 15.4 Å². The number of nitrogens with zero attached hydrogens (tertiary/aromatic N) is 1. The van der Waals surface area contributed by atoms with E-state index in [1.165, 1.54) is 4.88 Å². The summed E-state index contributed by atoms with van der Waals surface area (Å²) in [5.41, 5.74) is 7.01. The fourth-order valence-corrected chi connectivity index (χ4v) is 3.87. The van der Waals surface area contributed by atoms with Crippen molar-refractivity contribution in [2.45, 2.75) is 6.04 Å². The van der Waals surface area contributed by atoms with E-state index in [1.807, 2.05) is 31.3 Å². The molecule has 0 amide bonds. The van der Waals surface area contributed by atoms with E-state index in [0.717, 1.165) is 15.9 Å². The van der Waals surface area contributed by atoms with Crippen molar-refractivity contribution in [2.24, 2.45) is 5.73 Å². The molecule has 1 atom stereocenters. The number of methoxy groups -OCH3 is 1. The summed E-state index contributed by atoms with van der Waals surface area (Å²) in [6.07, 6.45) is 0. The minimum atomic E-state index is 0.130. The zero-order chi connectivity index (χ0) is 13.8. The van der Waals surface area contributed by atoms with E-state index in [4.69, 9.17) is 10.5 Å². The van der Waals surface area contributed by atoms with Gasteiger partial charge >= 0.3 is 0 Å². The molecule has 3 nitrogen and oxygen atoms in total. The van der Waals surface area contributed by atoms with Crippen molar-refractivity contribution in [2.75, 3.05) is 25.6 Å². The van der Waals surface area contributed by atoms with E-state index in [-0.39, 0.29) is 6.04 Å². The number of anilines is 1. The molecule has 0 saturated carbocycles. The van der Waals surface area contributed by atoms with Crippen LogP contribution in [0.25, 0.3) is 0 Å². The molecule has 2 rings (SSSR count). The number of likely N-dealkylation sites (N-methyl/N-ethyl adjacent to an activating group) is 1. The van der Waals surface area contributed by atoms with Crippen LogP contribution in [0.2, 0.25) is 0 Å². The molecule has 19 heavy (non-hydrogen) atoms. The van der Waals surface area contributed by atoms with Gasteiger partial charge in [0.2, 0.25) is 0 Å². The van der Waals surface area contributed by atoms with Crippen LogP contribution >= 0.6 is 27.3 Å². The molecule has 0 aliphatic heterocycles. The molecule has 1 heterocycles. The molecular formula is C14H17BrN2OS. The molecule has 1 aromatic carbocycles. The molecule has 1 aromatic heterocycles. The summed E-state index contributed by atoms with van der Waals surface area (Å²) in [4.78, 5) is 3.39. The SMILES string of the molecule is COc1ccccc1N(C)C(CN)c1sccc1Br. The van der Waals surface area contributed by atoms with E-state index in [1.54, 1.807) is 18.4 Å². The predicted molar refractivity (Wildman–Crippen MR) is 85.2 cm³/mol. The standard InChI is InChI=1S/C14H17BrN2OS/c1-17(11-5-3-4-6-13(11)18-2)12(9-16)14-10(15)7-8-19-14/h3-8,12H,9,16H2,1-2H3. The molecule has 2 N–H and O–H groups in total. The first kappa shape index (κ1) is 14.4. The maximum absolute atomic E-state index is 5.97. The molecule has 102 valence electrons. The summed E-state index contributed by atoms with van der Waals surface area (Å²) in [5.74, 6) is 0.858. The highest BCUT2D eigenvalue weighted by molar-refractivity contribution is 9.10. The van der Waals surface area contributed by atoms with Gasteiger partial charge in [0.25, 0.3) is 0 Å². The lowest BCUT2D eigenvalue weighted by atomic mass is 10.1. The lowest BCUT2D eigenvalue weighted by molar-refractivity contribution is 0.413. The molecule has 0 radical (unpaired) electrons. The Hall–Kier alpha value is -1.04. The first-order valence-corrected chi connectivity index (χ1v) is 7.65. The molecule has 1 unspecified atom stereocenters. The molecule has 0 aliphatic carbocycles. The van der Waals surface area contributed by atoms with Gasteiger partial charge in [-0.25, -0.2) is 0 Å². The molecule has 5 heteroatoms. The van der Waals surface area contributed by atoms with E-state index in [9.17, 15) is 0 Å². The zero-order valence-electron chi connectivity index (χ0n) is 11.0. The Kier molecular flexibility index (Phi) is 4.85. The second kappa shape index (κ2) is 6.41. The lowest BCUT2D eigenvalue weighted by Gasteiger charge is -2.30. The van der Waals surface area contributed by atoms with Crippen LogP contribution in [0.3, 0.4) is 0 Å². The van der Waals surface area contributed by atoms with Crippen molar-refractivity contribution >= 4 is 33.0 Å². The number of ether oxygens (including phenoxy) is 1. The summed E-state index contributed by atoms with van der Waals surface area (Å²) < 4.78 is 6.52. The number of hydrogen-bond acceptors (Lipinski definition) is 4. The van der Waals surface area contributed by atoms with Crippen molar-refractivity contribution in [1.29, 1.82) is 0 Å². The Morgan fingerprint density at radius 2 is 2.11 bits per heavy atom.